The fraction of sp³-hybridized carbons (Fsp3) is 0.400. The number of carbonyl (C=O) groups excluding carboxylic acids is 1. The first-order chi connectivity index (χ1) is 8.31. The maximum Gasteiger partial charge on any atom is 0.251 e. The molecular formula is C15H19NO. The van der Waals surface area contributed by atoms with Gasteiger partial charge in [0.05, 0.1) is 0 Å². The van der Waals surface area contributed by atoms with Gasteiger partial charge in [0.15, 0.2) is 0 Å². The third-order valence-electron chi connectivity index (χ3n) is 3.24. The minimum absolute atomic E-state index is 0.0280. The Kier molecular flexibility index (Phi) is 3.97. The molecule has 0 atom stereocenters. The molecule has 2 rings (SSSR count). The highest BCUT2D eigenvalue weighted by atomic mass is 16.1. The van der Waals surface area contributed by atoms with Gasteiger partial charge in [0.1, 0.15) is 0 Å². The van der Waals surface area contributed by atoms with Crippen molar-refractivity contribution in [1.82, 2.24) is 5.32 Å². The quantitative estimate of drug-likeness (QED) is 0.624. The van der Waals surface area contributed by atoms with Crippen molar-refractivity contribution in [3.8, 4) is 0 Å². The molecule has 1 N–H and O–H groups in total. The topological polar surface area (TPSA) is 29.1 Å². The Bertz CT molecular complexity index is 423. The standard InChI is InChI=1S/C15H19NO/c1-2-3-10-16-15(17)14-9-8-12-6-4-5-7-13(12)11-14/h2,8-9,11H,1,3-7,10H2,(H,16,17). The molecule has 0 radical (unpaired) electrons. The van der Waals surface area contributed by atoms with Crippen LogP contribution in [0.1, 0.15) is 40.7 Å². The number of rotatable bonds is 4. The predicted molar refractivity (Wildman–Crippen MR) is 70.2 cm³/mol. The Hall–Kier alpha value is -1.57. The van der Waals surface area contributed by atoms with Crippen molar-refractivity contribution >= 4 is 5.91 Å². The molecule has 0 aliphatic heterocycles. The van der Waals surface area contributed by atoms with Crippen LogP contribution in [0.5, 0.6) is 0 Å². The summed E-state index contributed by atoms with van der Waals surface area (Å²) in [6.07, 6.45) is 7.42. The van der Waals surface area contributed by atoms with Crippen LogP contribution in [-0.4, -0.2) is 12.5 Å². The molecule has 1 aliphatic rings. The molecule has 1 aromatic carbocycles. The number of nitrogens with one attached hydrogen (secondary N) is 1. The van der Waals surface area contributed by atoms with E-state index in [-0.39, 0.29) is 5.91 Å². The second kappa shape index (κ2) is 5.67. The van der Waals surface area contributed by atoms with Gasteiger partial charge in [0.25, 0.3) is 5.91 Å². The second-order valence-corrected chi connectivity index (χ2v) is 4.52. The zero-order valence-corrected chi connectivity index (χ0v) is 10.2. The van der Waals surface area contributed by atoms with Gasteiger partial charge in [0.2, 0.25) is 0 Å². The zero-order chi connectivity index (χ0) is 12.1. The summed E-state index contributed by atoms with van der Waals surface area (Å²) in [5.41, 5.74) is 3.56. The molecule has 90 valence electrons. The van der Waals surface area contributed by atoms with Crippen molar-refractivity contribution in [2.24, 2.45) is 0 Å². The van der Waals surface area contributed by atoms with E-state index in [0.29, 0.717) is 6.54 Å². The summed E-state index contributed by atoms with van der Waals surface area (Å²) >= 11 is 0. The van der Waals surface area contributed by atoms with Gasteiger partial charge in [-0.15, -0.1) is 6.58 Å². The van der Waals surface area contributed by atoms with Crippen LogP contribution >= 0.6 is 0 Å². The molecule has 1 aromatic rings. The van der Waals surface area contributed by atoms with Gasteiger partial charge in [-0.2, -0.15) is 0 Å². The Morgan fingerprint density at radius 2 is 2.06 bits per heavy atom. The smallest absolute Gasteiger partial charge is 0.251 e. The Labute approximate surface area is 103 Å². The molecule has 0 saturated heterocycles. The third kappa shape index (κ3) is 2.96. The van der Waals surface area contributed by atoms with E-state index in [0.717, 1.165) is 24.8 Å². The van der Waals surface area contributed by atoms with Gasteiger partial charge >= 0.3 is 0 Å². The number of hydrogen-bond donors (Lipinski definition) is 1. The highest BCUT2D eigenvalue weighted by Crippen LogP contribution is 2.22. The fourth-order valence-corrected chi connectivity index (χ4v) is 2.26. The average Bonchev–Trinajstić information content (AvgIpc) is 2.38. The first-order valence-electron chi connectivity index (χ1n) is 6.32. The summed E-state index contributed by atoms with van der Waals surface area (Å²) in [5, 5.41) is 2.90. The number of carbonyl (C=O) groups is 1. The van der Waals surface area contributed by atoms with E-state index in [1.165, 1.54) is 24.0 Å². The lowest BCUT2D eigenvalue weighted by atomic mass is 9.90. The lowest BCUT2D eigenvalue weighted by Crippen LogP contribution is -2.24. The second-order valence-electron chi connectivity index (χ2n) is 4.52. The maximum atomic E-state index is 11.9. The van der Waals surface area contributed by atoms with Crippen LogP contribution in [0.3, 0.4) is 0 Å². The van der Waals surface area contributed by atoms with Crippen LogP contribution in [0.4, 0.5) is 0 Å². The Balaban J connectivity index is 2.05. The molecule has 1 aliphatic carbocycles. The molecule has 1 amide bonds. The minimum Gasteiger partial charge on any atom is -0.352 e. The predicted octanol–water partition coefficient (Wildman–Crippen LogP) is 2.87. The van der Waals surface area contributed by atoms with Crippen LogP contribution in [0, 0.1) is 0 Å². The van der Waals surface area contributed by atoms with E-state index in [2.05, 4.69) is 24.0 Å². The summed E-state index contributed by atoms with van der Waals surface area (Å²) in [6.45, 7) is 4.30. The number of hydrogen-bond acceptors (Lipinski definition) is 1. The Morgan fingerprint density at radius 1 is 1.29 bits per heavy atom. The molecule has 0 bridgehead atoms. The van der Waals surface area contributed by atoms with Gasteiger partial charge in [-0.25, -0.2) is 0 Å². The van der Waals surface area contributed by atoms with E-state index in [4.69, 9.17) is 0 Å². The van der Waals surface area contributed by atoms with Gasteiger partial charge in [-0.1, -0.05) is 12.1 Å². The number of fused-ring (bicyclic) bond motifs is 1. The summed E-state index contributed by atoms with van der Waals surface area (Å²) < 4.78 is 0. The van der Waals surface area contributed by atoms with Crippen LogP contribution in [-0.2, 0) is 12.8 Å². The van der Waals surface area contributed by atoms with E-state index in [1.807, 2.05) is 12.1 Å². The molecule has 17 heavy (non-hydrogen) atoms. The molecule has 0 saturated carbocycles. The van der Waals surface area contributed by atoms with Gasteiger partial charge in [-0.05, 0) is 55.4 Å². The summed E-state index contributed by atoms with van der Waals surface area (Å²) in [4.78, 5) is 11.9. The number of aryl methyl sites for hydroxylation is 2. The lowest BCUT2D eigenvalue weighted by Gasteiger charge is -2.16. The van der Waals surface area contributed by atoms with Crippen LogP contribution in [0.15, 0.2) is 30.9 Å². The van der Waals surface area contributed by atoms with Crippen LogP contribution < -0.4 is 5.32 Å². The van der Waals surface area contributed by atoms with Gasteiger partial charge < -0.3 is 5.32 Å². The monoisotopic (exact) mass is 229 g/mol. The lowest BCUT2D eigenvalue weighted by molar-refractivity contribution is 0.0954. The molecule has 0 fully saturated rings. The van der Waals surface area contributed by atoms with Crippen LogP contribution in [0.2, 0.25) is 0 Å². The van der Waals surface area contributed by atoms with E-state index in [9.17, 15) is 4.79 Å². The minimum atomic E-state index is 0.0280. The normalized spacial score (nSPS) is 13.9. The average molecular weight is 229 g/mol. The number of benzene rings is 1. The van der Waals surface area contributed by atoms with Gasteiger partial charge in [-0.3, -0.25) is 4.79 Å². The van der Waals surface area contributed by atoms with Crippen molar-refractivity contribution in [3.05, 3.63) is 47.5 Å². The fourth-order valence-electron chi connectivity index (χ4n) is 2.26. The van der Waals surface area contributed by atoms with Crippen molar-refractivity contribution in [2.75, 3.05) is 6.54 Å². The molecule has 0 heterocycles. The summed E-state index contributed by atoms with van der Waals surface area (Å²) in [6, 6.07) is 6.10. The van der Waals surface area contributed by atoms with Crippen molar-refractivity contribution in [2.45, 2.75) is 32.1 Å². The molecule has 0 spiro atoms. The maximum absolute atomic E-state index is 11.9. The molecule has 0 unspecified atom stereocenters. The molecule has 0 aromatic heterocycles. The summed E-state index contributed by atoms with van der Waals surface area (Å²) in [7, 11) is 0. The van der Waals surface area contributed by atoms with E-state index >= 15 is 0 Å². The summed E-state index contributed by atoms with van der Waals surface area (Å²) in [5.74, 6) is 0.0280. The molecule has 2 nitrogen and oxygen atoms in total. The number of amides is 1. The SMILES string of the molecule is C=CCCNC(=O)c1ccc2c(c1)CCCC2. The van der Waals surface area contributed by atoms with E-state index < -0.39 is 0 Å². The van der Waals surface area contributed by atoms with Gasteiger partial charge in [0, 0.05) is 12.1 Å². The third-order valence-corrected chi connectivity index (χ3v) is 3.24. The van der Waals surface area contributed by atoms with Crippen molar-refractivity contribution in [3.63, 3.8) is 0 Å². The first-order valence-corrected chi connectivity index (χ1v) is 6.32. The van der Waals surface area contributed by atoms with E-state index in [1.54, 1.807) is 0 Å². The van der Waals surface area contributed by atoms with Crippen molar-refractivity contribution in [1.29, 1.82) is 0 Å². The molecular weight excluding hydrogens is 210 g/mol. The zero-order valence-electron chi connectivity index (χ0n) is 10.2. The first kappa shape index (κ1) is 11.9. The molecule has 2 heteroatoms. The largest absolute Gasteiger partial charge is 0.352 e. The Morgan fingerprint density at radius 3 is 2.82 bits per heavy atom. The highest BCUT2D eigenvalue weighted by Gasteiger charge is 2.12. The van der Waals surface area contributed by atoms with Crippen LogP contribution in [0.25, 0.3) is 0 Å². The van der Waals surface area contributed by atoms with Crippen molar-refractivity contribution < 1.29 is 4.79 Å². The highest BCUT2D eigenvalue weighted by molar-refractivity contribution is 5.94.